The first-order chi connectivity index (χ1) is 11.9. The first-order valence-corrected chi connectivity index (χ1v) is 7.25. The van der Waals surface area contributed by atoms with Crippen LogP contribution in [0.1, 0.15) is 17.5 Å². The molecule has 0 bridgehead atoms. The third-order valence-electron chi connectivity index (χ3n) is 3.99. The maximum Gasteiger partial charge on any atom is 0.319 e. The second-order valence-electron chi connectivity index (χ2n) is 5.28. The van der Waals surface area contributed by atoms with Crippen molar-refractivity contribution in [2.24, 2.45) is 0 Å². The van der Waals surface area contributed by atoms with E-state index in [2.05, 4.69) is 0 Å². The molecule has 0 saturated heterocycles. The zero-order valence-corrected chi connectivity index (χ0v) is 13.6. The van der Waals surface area contributed by atoms with Crippen LogP contribution in [0.2, 0.25) is 0 Å². The Morgan fingerprint density at radius 1 is 1.12 bits per heavy atom. The van der Waals surface area contributed by atoms with Crippen LogP contribution in [-0.2, 0) is 15.0 Å². The molecule has 2 rings (SSSR count). The monoisotopic (exact) mass is 350 g/mol. The van der Waals surface area contributed by atoms with Crippen LogP contribution in [0.4, 0.5) is 8.78 Å². The van der Waals surface area contributed by atoms with Gasteiger partial charge in [0.15, 0.2) is 0 Å². The van der Waals surface area contributed by atoms with Crippen LogP contribution in [-0.4, -0.2) is 31.6 Å². The number of hydrogen-bond donors (Lipinski definition) is 1. The smallest absolute Gasteiger partial charge is 0.319 e. The van der Waals surface area contributed by atoms with Gasteiger partial charge in [0.1, 0.15) is 34.8 Å². The lowest BCUT2D eigenvalue weighted by Crippen LogP contribution is -2.39. The molecule has 0 spiro atoms. The highest BCUT2D eigenvalue weighted by Gasteiger charge is 2.46. The van der Waals surface area contributed by atoms with E-state index in [-0.39, 0.29) is 17.1 Å². The Bertz CT molecular complexity index is 764. The molecule has 25 heavy (non-hydrogen) atoms. The third-order valence-corrected chi connectivity index (χ3v) is 3.99. The summed E-state index contributed by atoms with van der Waals surface area (Å²) in [5.74, 6) is -3.25. The normalized spacial score (nSPS) is 13.0. The van der Waals surface area contributed by atoms with Crippen LogP contribution >= 0.6 is 0 Å². The summed E-state index contributed by atoms with van der Waals surface area (Å²) < 4.78 is 39.0. The number of aldehydes is 1. The van der Waals surface area contributed by atoms with E-state index < -0.39 is 35.0 Å². The molecule has 5 nitrogen and oxygen atoms in total. The number of carboxylic acid groups (broad SMARTS) is 1. The molecule has 132 valence electrons. The number of halogens is 2. The van der Waals surface area contributed by atoms with E-state index in [1.165, 1.54) is 32.4 Å². The van der Waals surface area contributed by atoms with Gasteiger partial charge >= 0.3 is 5.97 Å². The Balaban J connectivity index is 2.90. The molecule has 0 heterocycles. The van der Waals surface area contributed by atoms with Gasteiger partial charge in [0.25, 0.3) is 0 Å². The molecule has 0 saturated carbocycles. The van der Waals surface area contributed by atoms with Gasteiger partial charge in [0.05, 0.1) is 14.2 Å². The molecule has 2 aromatic carbocycles. The highest BCUT2D eigenvalue weighted by Crippen LogP contribution is 2.41. The minimum atomic E-state index is -2.26. The van der Waals surface area contributed by atoms with Crippen molar-refractivity contribution in [1.82, 2.24) is 0 Å². The average molecular weight is 350 g/mol. The highest BCUT2D eigenvalue weighted by atomic mass is 19.1. The first kappa shape index (κ1) is 18.4. The molecule has 0 aliphatic carbocycles. The van der Waals surface area contributed by atoms with Crippen molar-refractivity contribution in [1.29, 1.82) is 0 Å². The zero-order valence-electron chi connectivity index (χ0n) is 13.6. The van der Waals surface area contributed by atoms with Crippen molar-refractivity contribution < 1.29 is 33.0 Å². The third kappa shape index (κ3) is 3.17. The summed E-state index contributed by atoms with van der Waals surface area (Å²) in [4.78, 5) is 23.4. The molecule has 0 aliphatic rings. The summed E-state index contributed by atoms with van der Waals surface area (Å²) in [5, 5.41) is 9.86. The van der Waals surface area contributed by atoms with Crippen molar-refractivity contribution in [2.75, 3.05) is 14.2 Å². The van der Waals surface area contributed by atoms with Crippen molar-refractivity contribution in [3.8, 4) is 11.5 Å². The van der Waals surface area contributed by atoms with Crippen molar-refractivity contribution in [2.45, 2.75) is 11.8 Å². The lowest BCUT2D eigenvalue weighted by atomic mass is 9.71. The van der Waals surface area contributed by atoms with Crippen LogP contribution in [0.3, 0.4) is 0 Å². The summed E-state index contributed by atoms with van der Waals surface area (Å²) in [6.45, 7) is 0. The predicted molar refractivity (Wildman–Crippen MR) is 85.0 cm³/mol. The van der Waals surface area contributed by atoms with Gasteiger partial charge in [0, 0.05) is 18.1 Å². The van der Waals surface area contributed by atoms with Gasteiger partial charge in [-0.1, -0.05) is 6.07 Å². The quantitative estimate of drug-likeness (QED) is 0.778. The van der Waals surface area contributed by atoms with E-state index in [1.807, 2.05) is 0 Å². The lowest BCUT2D eigenvalue weighted by Gasteiger charge is -2.30. The first-order valence-electron chi connectivity index (χ1n) is 7.25. The van der Waals surface area contributed by atoms with Gasteiger partial charge in [-0.2, -0.15) is 0 Å². The van der Waals surface area contributed by atoms with Gasteiger partial charge in [-0.15, -0.1) is 0 Å². The fraction of sp³-hybridized carbons (Fsp3) is 0.222. The molecule has 0 fully saturated rings. The number of carbonyl (C=O) groups excluding carboxylic acids is 1. The van der Waals surface area contributed by atoms with E-state index in [4.69, 9.17) is 9.47 Å². The van der Waals surface area contributed by atoms with E-state index in [0.29, 0.717) is 6.29 Å². The Labute approximate surface area is 142 Å². The molecule has 0 aliphatic heterocycles. The fourth-order valence-corrected chi connectivity index (χ4v) is 2.77. The van der Waals surface area contributed by atoms with Crippen LogP contribution in [0.25, 0.3) is 0 Å². The number of carboxylic acids is 1. The minimum absolute atomic E-state index is 0.0349. The maximum atomic E-state index is 14.4. The predicted octanol–water partition coefficient (Wildman–Crippen LogP) is 2.94. The number of ether oxygens (including phenoxy) is 2. The number of methoxy groups -OCH3 is 2. The molecule has 1 atom stereocenters. The summed E-state index contributed by atoms with van der Waals surface area (Å²) in [6, 6.07) is 7.11. The Morgan fingerprint density at radius 2 is 1.64 bits per heavy atom. The largest absolute Gasteiger partial charge is 0.497 e. The second-order valence-corrected chi connectivity index (χ2v) is 5.28. The van der Waals surface area contributed by atoms with E-state index in [9.17, 15) is 23.5 Å². The van der Waals surface area contributed by atoms with Gasteiger partial charge in [-0.3, -0.25) is 4.79 Å². The molecule has 0 amide bonds. The maximum absolute atomic E-state index is 14.4. The van der Waals surface area contributed by atoms with Crippen LogP contribution in [0.5, 0.6) is 11.5 Å². The van der Waals surface area contributed by atoms with E-state index in [1.54, 1.807) is 0 Å². The number of aliphatic carboxylic acids is 1. The molecule has 2 aromatic rings. The molecule has 1 unspecified atom stereocenters. The fourth-order valence-electron chi connectivity index (χ4n) is 2.77. The van der Waals surface area contributed by atoms with E-state index in [0.717, 1.165) is 18.2 Å². The van der Waals surface area contributed by atoms with Crippen molar-refractivity contribution in [3.63, 3.8) is 0 Å². The van der Waals surface area contributed by atoms with Crippen LogP contribution < -0.4 is 9.47 Å². The van der Waals surface area contributed by atoms with Gasteiger partial charge in [0.2, 0.25) is 0 Å². The molecule has 7 heteroatoms. The average Bonchev–Trinajstić information content (AvgIpc) is 2.59. The van der Waals surface area contributed by atoms with E-state index >= 15 is 0 Å². The van der Waals surface area contributed by atoms with Crippen molar-refractivity contribution >= 4 is 12.3 Å². The Hall–Kier alpha value is -2.96. The number of rotatable bonds is 7. The molecule has 0 radical (unpaired) electrons. The van der Waals surface area contributed by atoms with Crippen LogP contribution in [0, 0.1) is 11.6 Å². The molecule has 0 aromatic heterocycles. The topological polar surface area (TPSA) is 72.8 Å². The summed E-state index contributed by atoms with van der Waals surface area (Å²) in [7, 11) is 2.70. The standard InChI is InChI=1S/C18H16F2O5/c1-24-12-8-11(9-13(10-12)25-2)18(6-7-21,17(22)23)16-14(19)4-3-5-15(16)20/h3-5,7-10H,6H2,1-2H3,(H,22,23). The summed E-state index contributed by atoms with van der Waals surface area (Å²) in [5.41, 5.74) is -3.02. The molecular weight excluding hydrogens is 334 g/mol. The van der Waals surface area contributed by atoms with Crippen molar-refractivity contribution in [3.05, 3.63) is 59.2 Å². The number of benzene rings is 2. The van der Waals surface area contributed by atoms with Gasteiger partial charge in [-0.25, -0.2) is 8.78 Å². The second kappa shape index (κ2) is 7.29. The molecular formula is C18H16F2O5. The zero-order chi connectivity index (χ0) is 18.6. The molecule has 1 N–H and O–H groups in total. The minimum Gasteiger partial charge on any atom is -0.497 e. The van der Waals surface area contributed by atoms with Crippen LogP contribution in [0.15, 0.2) is 36.4 Å². The number of carbonyl (C=O) groups is 2. The van der Waals surface area contributed by atoms with Gasteiger partial charge in [-0.05, 0) is 29.8 Å². The Morgan fingerprint density at radius 3 is 2.04 bits per heavy atom. The van der Waals surface area contributed by atoms with Gasteiger partial charge < -0.3 is 19.4 Å². The lowest BCUT2D eigenvalue weighted by molar-refractivity contribution is -0.143. The SMILES string of the molecule is COc1cc(OC)cc(C(CC=O)(C(=O)O)c2c(F)cccc2F)c1. The highest BCUT2D eigenvalue weighted by molar-refractivity contribution is 5.89. The summed E-state index contributed by atoms with van der Waals surface area (Å²) >= 11 is 0. The summed E-state index contributed by atoms with van der Waals surface area (Å²) in [6.07, 6.45) is -0.359. The Kier molecular flexibility index (Phi) is 5.36. The number of hydrogen-bond acceptors (Lipinski definition) is 4.